The van der Waals surface area contributed by atoms with Crippen LogP contribution in [0.3, 0.4) is 0 Å². The lowest BCUT2D eigenvalue weighted by molar-refractivity contribution is 0.344. The number of hydrogen-bond donors (Lipinski definition) is 0. The number of aliphatic imine (C=N–C) groups is 1. The largest absolute Gasteiger partial charge is 0.497 e. The SMILES string of the molecule is COc1ccc(CN(Cc2ccc(OC)cc2)C2=N[C@](C)(c3cc(F)c(F)c(-c4ccc5c(cnn5C)c4)c3F)CS(=O)(=O)N2C)cc1. The van der Waals surface area contributed by atoms with E-state index in [2.05, 4.69) is 5.10 Å². The number of halogens is 3. The highest BCUT2D eigenvalue weighted by atomic mass is 32.2. The molecule has 0 spiro atoms. The van der Waals surface area contributed by atoms with E-state index in [9.17, 15) is 8.42 Å². The molecule has 13 heteroatoms. The van der Waals surface area contributed by atoms with Crippen LogP contribution in [0.15, 0.2) is 84.0 Å². The van der Waals surface area contributed by atoms with Gasteiger partial charge in [-0.3, -0.25) is 4.68 Å². The Kier molecular flexibility index (Phi) is 8.58. The molecule has 1 aliphatic rings. The van der Waals surface area contributed by atoms with Crippen molar-refractivity contribution in [3.05, 3.63) is 113 Å². The molecule has 0 radical (unpaired) electrons. The smallest absolute Gasteiger partial charge is 0.239 e. The van der Waals surface area contributed by atoms with E-state index in [1.165, 1.54) is 32.3 Å². The molecule has 1 aliphatic heterocycles. The zero-order chi connectivity index (χ0) is 34.4. The molecule has 250 valence electrons. The third-order valence-corrected chi connectivity index (χ3v) is 10.6. The second-order valence-electron chi connectivity index (χ2n) is 11.9. The summed E-state index contributed by atoms with van der Waals surface area (Å²) in [4.78, 5) is 6.58. The molecule has 1 atom stereocenters. The predicted octanol–water partition coefficient (Wildman–Crippen LogP) is 6.22. The Morgan fingerprint density at radius 1 is 0.854 bits per heavy atom. The Hall–Kier alpha value is -5.04. The number of hydrogen-bond acceptors (Lipinski definition) is 7. The van der Waals surface area contributed by atoms with Crippen molar-refractivity contribution < 1.29 is 31.1 Å². The van der Waals surface area contributed by atoms with Crippen LogP contribution in [-0.2, 0) is 35.7 Å². The maximum Gasteiger partial charge on any atom is 0.239 e. The first-order valence-corrected chi connectivity index (χ1v) is 16.6. The van der Waals surface area contributed by atoms with E-state index < -0.39 is 44.3 Å². The highest BCUT2D eigenvalue weighted by Crippen LogP contribution is 2.40. The average Bonchev–Trinajstić information content (AvgIpc) is 3.44. The van der Waals surface area contributed by atoms with E-state index in [1.54, 1.807) is 61.2 Å². The molecule has 9 nitrogen and oxygen atoms in total. The number of aryl methyl sites for hydroxylation is 1. The first-order valence-electron chi connectivity index (χ1n) is 15.0. The Labute approximate surface area is 276 Å². The summed E-state index contributed by atoms with van der Waals surface area (Å²) in [5, 5.41) is 4.77. The number of ether oxygens (including phenoxy) is 2. The van der Waals surface area contributed by atoms with Gasteiger partial charge in [0, 0.05) is 38.1 Å². The van der Waals surface area contributed by atoms with Gasteiger partial charge in [-0.1, -0.05) is 30.3 Å². The number of benzene rings is 4. The number of methoxy groups -OCH3 is 2. The van der Waals surface area contributed by atoms with E-state index in [0.29, 0.717) is 28.5 Å². The predicted molar refractivity (Wildman–Crippen MR) is 178 cm³/mol. The quantitative estimate of drug-likeness (QED) is 0.181. The van der Waals surface area contributed by atoms with E-state index in [1.807, 2.05) is 24.3 Å². The van der Waals surface area contributed by atoms with Gasteiger partial charge >= 0.3 is 0 Å². The lowest BCUT2D eigenvalue weighted by Gasteiger charge is -2.40. The van der Waals surface area contributed by atoms with Gasteiger partial charge in [-0.25, -0.2) is 30.9 Å². The van der Waals surface area contributed by atoms with Crippen LogP contribution in [0, 0.1) is 17.5 Å². The summed E-state index contributed by atoms with van der Waals surface area (Å²) in [5.74, 6) is -3.18. The van der Waals surface area contributed by atoms with Gasteiger partial charge in [-0.2, -0.15) is 5.10 Å². The molecule has 2 heterocycles. The van der Waals surface area contributed by atoms with Crippen molar-refractivity contribution in [3.8, 4) is 22.6 Å². The van der Waals surface area contributed by atoms with Crippen LogP contribution in [0.25, 0.3) is 22.0 Å². The van der Waals surface area contributed by atoms with E-state index in [4.69, 9.17) is 14.5 Å². The zero-order valence-corrected chi connectivity index (χ0v) is 27.9. The minimum Gasteiger partial charge on any atom is -0.497 e. The summed E-state index contributed by atoms with van der Waals surface area (Å²) < 4.78 is 88.2. The van der Waals surface area contributed by atoms with Gasteiger partial charge in [0.15, 0.2) is 11.6 Å². The highest BCUT2D eigenvalue weighted by molar-refractivity contribution is 7.89. The summed E-state index contributed by atoms with van der Waals surface area (Å²) in [7, 11) is 2.09. The Bertz CT molecular complexity index is 2090. The maximum atomic E-state index is 16.6. The normalized spacial score (nSPS) is 17.3. The number of rotatable bonds is 8. The van der Waals surface area contributed by atoms with Gasteiger partial charge < -0.3 is 14.4 Å². The number of sulfonamides is 1. The fourth-order valence-electron chi connectivity index (χ4n) is 5.98. The van der Waals surface area contributed by atoms with Crippen LogP contribution in [0.4, 0.5) is 13.2 Å². The number of nitrogens with zero attached hydrogens (tertiary/aromatic N) is 5. The molecule has 4 aromatic carbocycles. The van der Waals surface area contributed by atoms with Crippen LogP contribution in [0.1, 0.15) is 23.6 Å². The Morgan fingerprint density at radius 2 is 1.44 bits per heavy atom. The van der Waals surface area contributed by atoms with Crippen molar-refractivity contribution in [2.24, 2.45) is 12.0 Å². The van der Waals surface area contributed by atoms with Gasteiger partial charge in [-0.05, 0) is 66.1 Å². The van der Waals surface area contributed by atoms with Crippen LogP contribution in [0.5, 0.6) is 11.5 Å². The molecule has 0 saturated carbocycles. The molecule has 0 amide bonds. The van der Waals surface area contributed by atoms with Crippen LogP contribution in [-0.4, -0.2) is 60.4 Å². The fourth-order valence-corrected chi connectivity index (χ4v) is 7.51. The van der Waals surface area contributed by atoms with Crippen molar-refractivity contribution in [3.63, 3.8) is 0 Å². The summed E-state index contributed by atoms with van der Waals surface area (Å²) in [6.45, 7) is 1.84. The fraction of sp³-hybridized carbons (Fsp3) is 0.257. The molecule has 6 rings (SSSR count). The van der Waals surface area contributed by atoms with Crippen LogP contribution < -0.4 is 9.47 Å². The summed E-state index contributed by atoms with van der Waals surface area (Å²) in [6, 6.07) is 19.9. The molecule has 5 aromatic rings. The van der Waals surface area contributed by atoms with Crippen molar-refractivity contribution in [2.75, 3.05) is 27.0 Å². The maximum absolute atomic E-state index is 16.6. The molecule has 0 saturated heterocycles. The monoisotopic (exact) mass is 677 g/mol. The van der Waals surface area contributed by atoms with E-state index in [-0.39, 0.29) is 30.2 Å². The second kappa shape index (κ2) is 12.5. The van der Waals surface area contributed by atoms with E-state index >= 15 is 13.2 Å². The Morgan fingerprint density at radius 3 is 2.00 bits per heavy atom. The van der Waals surface area contributed by atoms with Crippen LogP contribution in [0.2, 0.25) is 0 Å². The highest BCUT2D eigenvalue weighted by Gasteiger charge is 2.45. The standard InChI is InChI=1S/C35H34F3N5O4S/c1-35(28-17-29(36)33(38)31(32(28)37)24-10-15-30-25(16-24)18-39-41(30)2)21-48(44,45)42(3)34(40-35)43(19-22-6-11-26(46-4)12-7-22)20-23-8-13-27(47-5)14-9-23/h6-18H,19-21H2,1-5H3/t35-/m0/s1. The van der Waals surface area contributed by atoms with Crippen molar-refractivity contribution in [1.82, 2.24) is 19.0 Å². The third kappa shape index (κ3) is 6.05. The minimum atomic E-state index is -4.13. The van der Waals surface area contributed by atoms with Gasteiger partial charge in [-0.15, -0.1) is 0 Å². The summed E-state index contributed by atoms with van der Waals surface area (Å²) in [6.07, 6.45) is 1.54. The van der Waals surface area contributed by atoms with Crippen molar-refractivity contribution >= 4 is 26.9 Å². The number of aromatic nitrogens is 2. The molecule has 0 fully saturated rings. The molecule has 0 unspecified atom stereocenters. The van der Waals surface area contributed by atoms with Gasteiger partial charge in [0.2, 0.25) is 16.0 Å². The zero-order valence-electron chi connectivity index (χ0n) is 27.0. The first-order chi connectivity index (χ1) is 22.8. The molecular weight excluding hydrogens is 643 g/mol. The number of fused-ring (bicyclic) bond motifs is 1. The third-order valence-electron chi connectivity index (χ3n) is 8.63. The lowest BCUT2D eigenvalue weighted by atomic mass is 9.89. The first kappa shape index (κ1) is 32.9. The van der Waals surface area contributed by atoms with Crippen molar-refractivity contribution in [1.29, 1.82) is 0 Å². The number of guanidine groups is 1. The molecule has 48 heavy (non-hydrogen) atoms. The lowest BCUT2D eigenvalue weighted by Crippen LogP contribution is -2.53. The van der Waals surface area contributed by atoms with E-state index in [0.717, 1.165) is 15.4 Å². The van der Waals surface area contributed by atoms with Crippen LogP contribution >= 0.6 is 0 Å². The van der Waals surface area contributed by atoms with Gasteiger partial charge in [0.05, 0.1) is 37.2 Å². The molecular formula is C35H34F3N5O4S. The average molecular weight is 678 g/mol. The minimum absolute atomic E-state index is 0.0119. The van der Waals surface area contributed by atoms with Crippen molar-refractivity contribution in [2.45, 2.75) is 25.6 Å². The molecule has 1 aromatic heterocycles. The molecule has 0 bridgehead atoms. The van der Waals surface area contributed by atoms with Gasteiger partial charge in [0.1, 0.15) is 22.9 Å². The molecule has 0 aliphatic carbocycles. The topological polar surface area (TPSA) is 89.3 Å². The van der Waals surface area contributed by atoms with Gasteiger partial charge in [0.25, 0.3) is 0 Å². The molecule has 0 N–H and O–H groups in total. The summed E-state index contributed by atoms with van der Waals surface area (Å²) in [5.41, 5.74) is -0.397. The Balaban J connectivity index is 1.49. The second-order valence-corrected chi connectivity index (χ2v) is 13.9. The summed E-state index contributed by atoms with van der Waals surface area (Å²) >= 11 is 0.